The number of nitrogens with two attached hydrogens (primary N) is 2. The maximum Gasteiger partial charge on any atom is 0.153 e. The zero-order valence-electron chi connectivity index (χ0n) is 12.4. The minimum absolute atomic E-state index is 0.326. The van der Waals surface area contributed by atoms with Gasteiger partial charge in [0.1, 0.15) is 5.82 Å². The van der Waals surface area contributed by atoms with Crippen molar-refractivity contribution in [1.82, 2.24) is 19.7 Å². The lowest BCUT2D eigenvalue weighted by Crippen LogP contribution is -1.99. The van der Waals surface area contributed by atoms with Crippen molar-refractivity contribution in [2.24, 2.45) is 0 Å². The van der Waals surface area contributed by atoms with Gasteiger partial charge in [0.15, 0.2) is 5.82 Å². The molecule has 0 saturated carbocycles. The van der Waals surface area contributed by atoms with Crippen LogP contribution < -0.4 is 11.5 Å². The number of hydrogen-bond acceptors (Lipinski definition) is 5. The molecule has 6 heteroatoms. The van der Waals surface area contributed by atoms with Gasteiger partial charge in [-0.1, -0.05) is 19.4 Å². The summed E-state index contributed by atoms with van der Waals surface area (Å²) in [5.41, 5.74) is 15.1. The Kier molecular flexibility index (Phi) is 3.74. The summed E-state index contributed by atoms with van der Waals surface area (Å²) in [7, 11) is 0. The number of aromatic nitrogens is 4. The van der Waals surface area contributed by atoms with Gasteiger partial charge in [0.25, 0.3) is 0 Å². The summed E-state index contributed by atoms with van der Waals surface area (Å²) in [6.07, 6.45) is 9.29. The number of anilines is 2. The summed E-state index contributed by atoms with van der Waals surface area (Å²) in [4.78, 5) is 8.42. The molecule has 3 aromatic rings. The van der Waals surface area contributed by atoms with Crippen molar-refractivity contribution >= 4 is 11.5 Å². The summed E-state index contributed by atoms with van der Waals surface area (Å²) >= 11 is 0. The topological polar surface area (TPSA) is 95.6 Å². The van der Waals surface area contributed by atoms with Crippen LogP contribution >= 0.6 is 0 Å². The molecular weight excluding hydrogens is 276 g/mol. The second kappa shape index (κ2) is 5.85. The number of nitrogen functional groups attached to an aromatic ring is 2. The minimum atomic E-state index is 0.326. The van der Waals surface area contributed by atoms with Crippen molar-refractivity contribution in [3.63, 3.8) is 0 Å². The van der Waals surface area contributed by atoms with Crippen molar-refractivity contribution in [2.45, 2.75) is 19.8 Å². The van der Waals surface area contributed by atoms with E-state index in [1.165, 1.54) is 5.56 Å². The SMILES string of the molecule is CCCc1ccc(-n2cc(-c3ccnc(N)c3N)cn2)nc1. The molecule has 6 nitrogen and oxygen atoms in total. The summed E-state index contributed by atoms with van der Waals surface area (Å²) < 4.78 is 1.72. The van der Waals surface area contributed by atoms with E-state index in [0.29, 0.717) is 11.5 Å². The van der Waals surface area contributed by atoms with Gasteiger partial charge in [-0.2, -0.15) is 5.10 Å². The summed E-state index contributed by atoms with van der Waals surface area (Å²) in [5, 5.41) is 4.35. The van der Waals surface area contributed by atoms with Crippen LogP contribution in [-0.4, -0.2) is 19.7 Å². The summed E-state index contributed by atoms with van der Waals surface area (Å²) in [6.45, 7) is 2.15. The zero-order valence-corrected chi connectivity index (χ0v) is 12.4. The van der Waals surface area contributed by atoms with E-state index in [0.717, 1.165) is 29.8 Å². The van der Waals surface area contributed by atoms with Crippen LogP contribution in [0.2, 0.25) is 0 Å². The van der Waals surface area contributed by atoms with Crippen LogP contribution in [0.1, 0.15) is 18.9 Å². The first-order valence-corrected chi connectivity index (χ1v) is 7.19. The first kappa shape index (κ1) is 14.1. The molecule has 22 heavy (non-hydrogen) atoms. The van der Waals surface area contributed by atoms with E-state index in [1.54, 1.807) is 17.1 Å². The smallest absolute Gasteiger partial charge is 0.153 e. The Bertz CT molecular complexity index is 776. The van der Waals surface area contributed by atoms with E-state index in [2.05, 4.69) is 28.1 Å². The maximum atomic E-state index is 5.98. The molecule has 0 spiro atoms. The Morgan fingerprint density at radius 3 is 2.68 bits per heavy atom. The predicted octanol–water partition coefficient (Wildman–Crippen LogP) is 2.45. The van der Waals surface area contributed by atoms with Crippen LogP contribution in [0.15, 0.2) is 43.0 Å². The highest BCUT2D eigenvalue weighted by molar-refractivity contribution is 5.81. The largest absolute Gasteiger partial charge is 0.395 e. The van der Waals surface area contributed by atoms with Crippen LogP contribution in [-0.2, 0) is 6.42 Å². The highest BCUT2D eigenvalue weighted by Crippen LogP contribution is 2.28. The molecule has 3 rings (SSSR count). The first-order chi connectivity index (χ1) is 10.7. The lowest BCUT2D eigenvalue weighted by molar-refractivity contribution is 0.837. The molecule has 0 aliphatic rings. The third-order valence-corrected chi connectivity index (χ3v) is 3.50. The van der Waals surface area contributed by atoms with E-state index >= 15 is 0 Å². The molecule has 0 saturated heterocycles. The number of nitrogens with zero attached hydrogens (tertiary/aromatic N) is 4. The molecule has 0 atom stereocenters. The normalized spacial score (nSPS) is 10.8. The fraction of sp³-hybridized carbons (Fsp3) is 0.188. The number of aryl methyl sites for hydroxylation is 1. The van der Waals surface area contributed by atoms with Gasteiger partial charge in [-0.25, -0.2) is 14.6 Å². The van der Waals surface area contributed by atoms with Crippen LogP contribution in [0.3, 0.4) is 0 Å². The van der Waals surface area contributed by atoms with Crippen molar-refractivity contribution in [1.29, 1.82) is 0 Å². The van der Waals surface area contributed by atoms with Gasteiger partial charge in [0, 0.05) is 29.7 Å². The molecule has 0 radical (unpaired) electrons. The average molecular weight is 294 g/mol. The highest BCUT2D eigenvalue weighted by Gasteiger charge is 2.09. The fourth-order valence-electron chi connectivity index (χ4n) is 2.32. The summed E-state index contributed by atoms with van der Waals surface area (Å²) in [5.74, 6) is 1.10. The molecular formula is C16H18N6. The van der Waals surface area contributed by atoms with E-state index in [4.69, 9.17) is 11.5 Å². The third-order valence-electron chi connectivity index (χ3n) is 3.50. The van der Waals surface area contributed by atoms with E-state index in [1.807, 2.05) is 24.5 Å². The lowest BCUT2D eigenvalue weighted by atomic mass is 10.1. The van der Waals surface area contributed by atoms with Crippen molar-refractivity contribution in [3.8, 4) is 16.9 Å². The van der Waals surface area contributed by atoms with Crippen LogP contribution in [0.25, 0.3) is 16.9 Å². The number of hydrogen-bond donors (Lipinski definition) is 2. The van der Waals surface area contributed by atoms with E-state index in [9.17, 15) is 0 Å². The van der Waals surface area contributed by atoms with E-state index < -0.39 is 0 Å². The van der Waals surface area contributed by atoms with Gasteiger partial charge < -0.3 is 11.5 Å². The second-order valence-electron chi connectivity index (χ2n) is 5.11. The van der Waals surface area contributed by atoms with E-state index in [-0.39, 0.29) is 0 Å². The first-order valence-electron chi connectivity index (χ1n) is 7.19. The highest BCUT2D eigenvalue weighted by atomic mass is 15.3. The Hall–Kier alpha value is -2.89. The molecule has 0 unspecified atom stereocenters. The van der Waals surface area contributed by atoms with Gasteiger partial charge >= 0.3 is 0 Å². The zero-order chi connectivity index (χ0) is 15.5. The lowest BCUT2D eigenvalue weighted by Gasteiger charge is -2.04. The minimum Gasteiger partial charge on any atom is -0.395 e. The maximum absolute atomic E-state index is 5.98. The monoisotopic (exact) mass is 294 g/mol. The van der Waals surface area contributed by atoms with Gasteiger partial charge in [-0.05, 0) is 24.1 Å². The Morgan fingerprint density at radius 2 is 1.95 bits per heavy atom. The van der Waals surface area contributed by atoms with Crippen LogP contribution in [0, 0.1) is 0 Å². The Balaban J connectivity index is 1.92. The van der Waals surface area contributed by atoms with Gasteiger partial charge in [0.05, 0.1) is 11.9 Å². The molecule has 4 N–H and O–H groups in total. The molecule has 3 heterocycles. The van der Waals surface area contributed by atoms with Crippen LogP contribution in [0.4, 0.5) is 11.5 Å². The third kappa shape index (κ3) is 2.63. The molecule has 0 aromatic carbocycles. The molecule has 112 valence electrons. The molecule has 0 fully saturated rings. The molecule has 0 amide bonds. The molecule has 0 aliphatic heterocycles. The Labute approximate surface area is 128 Å². The average Bonchev–Trinajstić information content (AvgIpc) is 3.01. The summed E-state index contributed by atoms with van der Waals surface area (Å²) in [6, 6.07) is 5.86. The van der Waals surface area contributed by atoms with Gasteiger partial charge in [-0.3, -0.25) is 0 Å². The quantitative estimate of drug-likeness (QED) is 0.770. The second-order valence-corrected chi connectivity index (χ2v) is 5.11. The Morgan fingerprint density at radius 1 is 1.09 bits per heavy atom. The predicted molar refractivity (Wildman–Crippen MR) is 87.4 cm³/mol. The number of pyridine rings is 2. The molecule has 0 aliphatic carbocycles. The van der Waals surface area contributed by atoms with Crippen molar-refractivity contribution < 1.29 is 0 Å². The van der Waals surface area contributed by atoms with Crippen molar-refractivity contribution in [3.05, 3.63) is 48.5 Å². The van der Waals surface area contributed by atoms with Gasteiger partial charge in [-0.15, -0.1) is 0 Å². The standard InChI is InChI=1S/C16H18N6/c1-2-3-11-4-5-14(20-8-11)22-10-12(9-21-22)13-6-7-19-16(18)15(13)17/h4-10H,2-3,17H2,1H3,(H2,18,19). The number of rotatable bonds is 4. The molecule has 3 aromatic heterocycles. The van der Waals surface area contributed by atoms with Crippen LogP contribution in [0.5, 0.6) is 0 Å². The van der Waals surface area contributed by atoms with Gasteiger partial charge in [0.2, 0.25) is 0 Å². The fourth-order valence-corrected chi connectivity index (χ4v) is 2.32. The molecule has 0 bridgehead atoms. The van der Waals surface area contributed by atoms with Crippen molar-refractivity contribution in [2.75, 3.05) is 11.5 Å².